The van der Waals surface area contributed by atoms with Gasteiger partial charge in [-0.3, -0.25) is 0 Å². The van der Waals surface area contributed by atoms with E-state index in [4.69, 9.17) is 9.47 Å². The fraction of sp³-hybridized carbons (Fsp3) is 0.588. The van der Waals surface area contributed by atoms with Gasteiger partial charge < -0.3 is 9.47 Å². The molecule has 3 atom stereocenters. The Bertz CT molecular complexity index is 480. The van der Waals surface area contributed by atoms with Crippen LogP contribution in [0.1, 0.15) is 43.5 Å². The Hall–Kier alpha value is -1.35. The van der Waals surface area contributed by atoms with Crippen molar-refractivity contribution in [3.63, 3.8) is 0 Å². The molecule has 0 amide bonds. The molecule has 3 heteroatoms. The first kappa shape index (κ1) is 13.6. The molecule has 0 spiro atoms. The van der Waals surface area contributed by atoms with Gasteiger partial charge in [-0.1, -0.05) is 25.1 Å². The molecule has 3 unspecified atom stereocenters. The van der Waals surface area contributed by atoms with Gasteiger partial charge in [-0.05, 0) is 43.7 Å². The van der Waals surface area contributed by atoms with E-state index in [0.717, 1.165) is 19.4 Å². The molecule has 1 saturated carbocycles. The summed E-state index contributed by atoms with van der Waals surface area (Å²) in [6.45, 7) is 5.68. The van der Waals surface area contributed by atoms with E-state index in [0.29, 0.717) is 18.1 Å². The topological polar surface area (TPSA) is 35.5 Å². The highest BCUT2D eigenvalue weighted by atomic mass is 16.5. The smallest absolute Gasteiger partial charge is 0.338 e. The average molecular weight is 274 g/mol. The minimum Gasteiger partial charge on any atom is -0.462 e. The van der Waals surface area contributed by atoms with Gasteiger partial charge >= 0.3 is 5.97 Å². The van der Waals surface area contributed by atoms with E-state index in [1.165, 1.54) is 6.42 Å². The van der Waals surface area contributed by atoms with Crippen molar-refractivity contribution >= 4 is 5.97 Å². The zero-order chi connectivity index (χ0) is 14.2. The number of carbonyl (C=O) groups is 1. The van der Waals surface area contributed by atoms with Gasteiger partial charge in [0.1, 0.15) is 0 Å². The molecule has 0 N–H and O–H groups in total. The van der Waals surface area contributed by atoms with Crippen LogP contribution in [0.4, 0.5) is 0 Å². The molecule has 2 bridgehead atoms. The molecule has 20 heavy (non-hydrogen) atoms. The SMILES string of the molecule is CC12CCCC(C)(OC1)C2COC(=O)c1ccccc1. The number of rotatable bonds is 3. The Morgan fingerprint density at radius 3 is 2.75 bits per heavy atom. The van der Waals surface area contributed by atoms with Crippen molar-refractivity contribution < 1.29 is 14.3 Å². The molecular weight excluding hydrogens is 252 g/mol. The van der Waals surface area contributed by atoms with Gasteiger partial charge in [-0.15, -0.1) is 0 Å². The normalized spacial score (nSPS) is 35.8. The number of ether oxygens (including phenoxy) is 2. The lowest BCUT2D eigenvalue weighted by Gasteiger charge is -2.41. The molecular formula is C17H22O3. The quantitative estimate of drug-likeness (QED) is 0.792. The first-order chi connectivity index (χ1) is 9.54. The average Bonchev–Trinajstić information content (AvgIpc) is 2.59. The van der Waals surface area contributed by atoms with E-state index < -0.39 is 0 Å². The summed E-state index contributed by atoms with van der Waals surface area (Å²) in [5.74, 6) is 0.0687. The maximum absolute atomic E-state index is 12.1. The van der Waals surface area contributed by atoms with Crippen LogP contribution in [0, 0.1) is 11.3 Å². The van der Waals surface area contributed by atoms with Crippen LogP contribution in [0.5, 0.6) is 0 Å². The fourth-order valence-corrected chi connectivity index (χ4v) is 3.80. The number of hydrogen-bond donors (Lipinski definition) is 0. The van der Waals surface area contributed by atoms with Crippen molar-refractivity contribution in [2.75, 3.05) is 13.2 Å². The first-order valence-corrected chi connectivity index (χ1v) is 7.40. The minimum absolute atomic E-state index is 0.121. The molecule has 2 aliphatic rings. The first-order valence-electron chi connectivity index (χ1n) is 7.40. The third kappa shape index (κ3) is 2.24. The summed E-state index contributed by atoms with van der Waals surface area (Å²) in [6.07, 6.45) is 3.43. The highest BCUT2D eigenvalue weighted by Crippen LogP contribution is 2.54. The molecule has 1 aromatic carbocycles. The summed E-state index contributed by atoms with van der Waals surface area (Å²) in [4.78, 5) is 12.1. The van der Waals surface area contributed by atoms with Crippen LogP contribution in [0.2, 0.25) is 0 Å². The number of esters is 1. The molecule has 2 fully saturated rings. The van der Waals surface area contributed by atoms with E-state index in [-0.39, 0.29) is 17.0 Å². The third-order valence-corrected chi connectivity index (χ3v) is 5.12. The molecule has 1 heterocycles. The number of carbonyl (C=O) groups excluding carboxylic acids is 1. The Balaban J connectivity index is 1.68. The van der Waals surface area contributed by atoms with Crippen LogP contribution in [-0.4, -0.2) is 24.8 Å². The van der Waals surface area contributed by atoms with Crippen LogP contribution in [-0.2, 0) is 9.47 Å². The lowest BCUT2D eigenvalue weighted by Crippen LogP contribution is -2.44. The summed E-state index contributed by atoms with van der Waals surface area (Å²) in [5, 5.41) is 0. The summed E-state index contributed by atoms with van der Waals surface area (Å²) in [5.41, 5.74) is 0.653. The molecule has 1 aliphatic heterocycles. The van der Waals surface area contributed by atoms with Crippen molar-refractivity contribution in [2.24, 2.45) is 11.3 Å². The Morgan fingerprint density at radius 1 is 1.30 bits per heavy atom. The highest BCUT2D eigenvalue weighted by Gasteiger charge is 2.56. The zero-order valence-electron chi connectivity index (χ0n) is 12.2. The number of fused-ring (bicyclic) bond motifs is 2. The molecule has 108 valence electrons. The van der Waals surface area contributed by atoms with Gasteiger partial charge in [0, 0.05) is 5.92 Å². The van der Waals surface area contributed by atoms with Crippen molar-refractivity contribution in [2.45, 2.75) is 38.7 Å². The van der Waals surface area contributed by atoms with Gasteiger partial charge in [-0.25, -0.2) is 4.79 Å². The van der Waals surface area contributed by atoms with Crippen LogP contribution >= 0.6 is 0 Å². The second-order valence-electron chi connectivity index (χ2n) is 6.63. The third-order valence-electron chi connectivity index (χ3n) is 5.12. The fourth-order valence-electron chi connectivity index (χ4n) is 3.80. The van der Waals surface area contributed by atoms with E-state index in [1.807, 2.05) is 18.2 Å². The zero-order valence-corrected chi connectivity index (χ0v) is 12.2. The second-order valence-corrected chi connectivity index (χ2v) is 6.63. The lowest BCUT2D eigenvalue weighted by molar-refractivity contribution is -0.0429. The van der Waals surface area contributed by atoms with Crippen LogP contribution < -0.4 is 0 Å². The van der Waals surface area contributed by atoms with Gasteiger partial charge in [0.25, 0.3) is 0 Å². The van der Waals surface area contributed by atoms with Crippen molar-refractivity contribution in [3.8, 4) is 0 Å². The lowest BCUT2D eigenvalue weighted by atomic mass is 9.64. The molecule has 0 aromatic heterocycles. The van der Waals surface area contributed by atoms with Crippen molar-refractivity contribution in [1.82, 2.24) is 0 Å². The second kappa shape index (κ2) is 4.88. The number of benzene rings is 1. The maximum atomic E-state index is 12.1. The van der Waals surface area contributed by atoms with Gasteiger partial charge in [0.2, 0.25) is 0 Å². The predicted octanol–water partition coefficient (Wildman–Crippen LogP) is 3.44. The van der Waals surface area contributed by atoms with Gasteiger partial charge in [0.05, 0.1) is 24.4 Å². The summed E-state index contributed by atoms with van der Waals surface area (Å²) in [6, 6.07) is 9.18. The largest absolute Gasteiger partial charge is 0.462 e. The van der Waals surface area contributed by atoms with E-state index in [1.54, 1.807) is 12.1 Å². The van der Waals surface area contributed by atoms with Gasteiger partial charge in [-0.2, -0.15) is 0 Å². The monoisotopic (exact) mass is 274 g/mol. The Kier molecular flexibility index (Phi) is 3.33. The molecule has 0 radical (unpaired) electrons. The predicted molar refractivity (Wildman–Crippen MR) is 76.5 cm³/mol. The summed E-state index contributed by atoms with van der Waals surface area (Å²) in [7, 11) is 0. The highest BCUT2D eigenvalue weighted by molar-refractivity contribution is 5.89. The Morgan fingerprint density at radius 2 is 2.05 bits per heavy atom. The summed E-state index contributed by atoms with van der Waals surface area (Å²) < 4.78 is 11.6. The van der Waals surface area contributed by atoms with Gasteiger partial charge in [0.15, 0.2) is 0 Å². The molecule has 3 rings (SSSR count). The van der Waals surface area contributed by atoms with Crippen LogP contribution in [0.15, 0.2) is 30.3 Å². The number of hydrogen-bond acceptors (Lipinski definition) is 3. The molecule has 1 saturated heterocycles. The van der Waals surface area contributed by atoms with Crippen LogP contribution in [0.3, 0.4) is 0 Å². The minimum atomic E-state index is -0.234. The van der Waals surface area contributed by atoms with Crippen molar-refractivity contribution in [3.05, 3.63) is 35.9 Å². The summed E-state index contributed by atoms with van der Waals surface area (Å²) >= 11 is 0. The van der Waals surface area contributed by atoms with Crippen molar-refractivity contribution in [1.29, 1.82) is 0 Å². The van der Waals surface area contributed by atoms with E-state index >= 15 is 0 Å². The standard InChI is InChI=1S/C17H22O3/c1-16-9-6-10-17(2,20-12-16)14(16)11-19-15(18)13-7-4-3-5-8-13/h3-5,7-8,14H,6,9-12H2,1-2H3. The maximum Gasteiger partial charge on any atom is 0.338 e. The molecule has 3 nitrogen and oxygen atoms in total. The van der Waals surface area contributed by atoms with E-state index in [2.05, 4.69) is 13.8 Å². The van der Waals surface area contributed by atoms with E-state index in [9.17, 15) is 4.79 Å². The molecule has 1 aliphatic carbocycles. The molecule has 1 aromatic rings. The Labute approximate surface area is 120 Å². The van der Waals surface area contributed by atoms with Crippen LogP contribution in [0.25, 0.3) is 0 Å².